The maximum absolute atomic E-state index is 12.4. The van der Waals surface area contributed by atoms with Crippen LogP contribution in [-0.2, 0) is 10.2 Å². The zero-order chi connectivity index (χ0) is 19.7. The minimum Gasteiger partial charge on any atom is -0.492 e. The van der Waals surface area contributed by atoms with Crippen molar-refractivity contribution < 1.29 is 19.1 Å². The summed E-state index contributed by atoms with van der Waals surface area (Å²) in [5.41, 5.74) is 1.30. The Hall–Kier alpha value is -3.16. The van der Waals surface area contributed by atoms with Crippen LogP contribution >= 0.6 is 0 Å². The quantitative estimate of drug-likeness (QED) is 0.823. The molecule has 2 aromatic rings. The summed E-state index contributed by atoms with van der Waals surface area (Å²) >= 11 is 0. The number of amides is 3. The van der Waals surface area contributed by atoms with Crippen molar-refractivity contribution in [1.82, 2.24) is 15.5 Å². The predicted octanol–water partition coefficient (Wildman–Crippen LogP) is 2.84. The van der Waals surface area contributed by atoms with Gasteiger partial charge in [-0.3, -0.25) is 4.79 Å². The number of anilines is 1. The summed E-state index contributed by atoms with van der Waals surface area (Å²) in [5, 5.41) is 10.7. The van der Waals surface area contributed by atoms with Crippen LogP contribution in [0, 0.1) is 6.92 Å². The Labute approximate surface area is 161 Å². The van der Waals surface area contributed by atoms with Crippen LogP contribution in [0.25, 0.3) is 0 Å². The van der Waals surface area contributed by atoms with Crippen LogP contribution in [0.1, 0.15) is 37.8 Å². The number of aromatic nitrogens is 2. The van der Waals surface area contributed by atoms with Crippen LogP contribution in [0.4, 0.5) is 10.6 Å². The van der Waals surface area contributed by atoms with Gasteiger partial charge in [0.25, 0.3) is 5.91 Å². The molecule has 5 rings (SSSR count). The van der Waals surface area contributed by atoms with E-state index in [1.54, 1.807) is 26.0 Å². The number of carbonyl (C=O) groups excluding carboxylic acids is 2. The second kappa shape index (κ2) is 5.43. The van der Waals surface area contributed by atoms with Gasteiger partial charge in [-0.25, -0.2) is 9.69 Å². The number of rotatable bonds is 3. The van der Waals surface area contributed by atoms with E-state index < -0.39 is 11.6 Å². The summed E-state index contributed by atoms with van der Waals surface area (Å²) in [6, 6.07) is 6.54. The van der Waals surface area contributed by atoms with Crippen molar-refractivity contribution in [2.45, 2.75) is 44.6 Å². The molecule has 1 aromatic carbocycles. The summed E-state index contributed by atoms with van der Waals surface area (Å²) in [4.78, 5) is 25.5. The van der Waals surface area contributed by atoms with Gasteiger partial charge in [0.2, 0.25) is 5.88 Å². The number of carbonyl (C=O) groups is 2. The molecule has 0 radical (unpaired) electrons. The Morgan fingerprint density at radius 3 is 2.54 bits per heavy atom. The summed E-state index contributed by atoms with van der Waals surface area (Å²) < 4.78 is 11.9. The number of hydrogen-bond acceptors (Lipinski definition) is 6. The first kappa shape index (κ1) is 17.0. The van der Waals surface area contributed by atoms with Gasteiger partial charge in [-0.1, -0.05) is 6.07 Å². The fourth-order valence-electron chi connectivity index (χ4n) is 3.83. The largest absolute Gasteiger partial charge is 0.492 e. The van der Waals surface area contributed by atoms with E-state index in [1.807, 2.05) is 19.1 Å². The molecule has 8 nitrogen and oxygen atoms in total. The van der Waals surface area contributed by atoms with Crippen molar-refractivity contribution >= 4 is 17.8 Å². The molecule has 0 unspecified atom stereocenters. The van der Waals surface area contributed by atoms with Crippen molar-refractivity contribution in [3.63, 3.8) is 0 Å². The van der Waals surface area contributed by atoms with Crippen LogP contribution in [0.15, 0.2) is 24.3 Å². The first-order chi connectivity index (χ1) is 13.3. The van der Waals surface area contributed by atoms with Gasteiger partial charge in [0.15, 0.2) is 5.82 Å². The molecule has 28 heavy (non-hydrogen) atoms. The lowest BCUT2D eigenvalue weighted by Gasteiger charge is -2.15. The molecule has 3 amide bonds. The van der Waals surface area contributed by atoms with Gasteiger partial charge in [-0.15, -0.1) is 10.2 Å². The number of fused-ring (bicyclic) bond motifs is 2. The molecule has 0 atom stereocenters. The molecule has 1 aromatic heterocycles. The van der Waals surface area contributed by atoms with E-state index in [4.69, 9.17) is 9.47 Å². The van der Waals surface area contributed by atoms with Crippen LogP contribution in [0.3, 0.4) is 0 Å². The smallest absolute Gasteiger partial charge is 0.330 e. The fourth-order valence-corrected chi connectivity index (χ4v) is 3.83. The number of hydrogen-bond donors (Lipinski definition) is 1. The minimum absolute atomic E-state index is 0.0652. The minimum atomic E-state index is -0.963. The van der Waals surface area contributed by atoms with Crippen molar-refractivity contribution in [1.29, 1.82) is 0 Å². The number of ether oxygens (including phenoxy) is 2. The second-order valence-electron chi connectivity index (χ2n) is 8.18. The number of nitrogens with zero attached hydrogens (tertiary/aromatic N) is 3. The molecular formula is C20H20N4O4. The van der Waals surface area contributed by atoms with Crippen LogP contribution in [-0.4, -0.2) is 34.3 Å². The Kier molecular flexibility index (Phi) is 3.29. The van der Waals surface area contributed by atoms with Gasteiger partial charge < -0.3 is 14.8 Å². The lowest BCUT2D eigenvalue weighted by Crippen LogP contribution is -2.40. The van der Waals surface area contributed by atoms with E-state index >= 15 is 0 Å². The number of nitrogens with one attached hydrogen (secondary N) is 1. The third-order valence-electron chi connectivity index (χ3n) is 5.62. The van der Waals surface area contributed by atoms with E-state index in [2.05, 4.69) is 15.5 Å². The first-order valence-electron chi connectivity index (χ1n) is 9.26. The molecule has 1 saturated carbocycles. The maximum atomic E-state index is 12.4. The summed E-state index contributed by atoms with van der Waals surface area (Å²) in [6.45, 7) is 6.01. The molecular weight excluding hydrogens is 360 g/mol. The molecule has 2 aliphatic heterocycles. The van der Waals surface area contributed by atoms with E-state index in [9.17, 15) is 9.59 Å². The van der Waals surface area contributed by atoms with Crippen LogP contribution in [0.2, 0.25) is 0 Å². The van der Waals surface area contributed by atoms with Crippen LogP contribution in [0.5, 0.6) is 17.4 Å². The lowest BCUT2D eigenvalue weighted by molar-refractivity contribution is -0.121. The second-order valence-corrected chi connectivity index (χ2v) is 8.18. The van der Waals surface area contributed by atoms with Gasteiger partial charge in [-0.05, 0) is 51.3 Å². The standard InChI is InChI=1S/C20H20N4O4/c1-11-4-5-12(15-16(11)27-10-20(15)8-9-20)28-14-7-6-13(22-23-14)24-17(25)19(2,3)21-18(24)26/h4-7H,8-10H2,1-3H3,(H,21,26). The van der Waals surface area contributed by atoms with Crippen LogP contribution < -0.4 is 19.7 Å². The zero-order valence-electron chi connectivity index (χ0n) is 15.9. The Balaban J connectivity index is 1.43. The molecule has 1 spiro atoms. The van der Waals surface area contributed by atoms with Crippen molar-refractivity contribution in [2.75, 3.05) is 11.5 Å². The van der Waals surface area contributed by atoms with Gasteiger partial charge in [0.1, 0.15) is 17.0 Å². The fraction of sp³-hybridized carbons (Fsp3) is 0.400. The highest BCUT2D eigenvalue weighted by molar-refractivity contribution is 6.22. The summed E-state index contributed by atoms with van der Waals surface area (Å²) in [7, 11) is 0. The van der Waals surface area contributed by atoms with Crippen molar-refractivity contribution in [3.8, 4) is 17.4 Å². The van der Waals surface area contributed by atoms with E-state index in [-0.39, 0.29) is 17.1 Å². The van der Waals surface area contributed by atoms with Gasteiger partial charge in [0, 0.05) is 17.0 Å². The maximum Gasteiger partial charge on any atom is 0.330 e. The molecule has 1 aliphatic carbocycles. The Bertz CT molecular complexity index is 1010. The van der Waals surface area contributed by atoms with E-state index in [0.717, 1.165) is 34.6 Å². The topological polar surface area (TPSA) is 93.7 Å². The molecule has 1 saturated heterocycles. The average molecular weight is 380 g/mol. The molecule has 0 bridgehead atoms. The third-order valence-corrected chi connectivity index (χ3v) is 5.62. The molecule has 1 N–H and O–H groups in total. The van der Waals surface area contributed by atoms with Crippen molar-refractivity contribution in [3.05, 3.63) is 35.4 Å². The monoisotopic (exact) mass is 380 g/mol. The Morgan fingerprint density at radius 2 is 1.93 bits per heavy atom. The third kappa shape index (κ3) is 2.37. The van der Waals surface area contributed by atoms with Gasteiger partial charge in [0.05, 0.1) is 6.61 Å². The number of urea groups is 1. The molecule has 144 valence electrons. The number of aryl methyl sites for hydroxylation is 1. The predicted molar refractivity (Wildman–Crippen MR) is 99.8 cm³/mol. The first-order valence-corrected chi connectivity index (χ1v) is 9.26. The lowest BCUT2D eigenvalue weighted by atomic mass is 9.95. The Morgan fingerprint density at radius 1 is 1.14 bits per heavy atom. The zero-order valence-corrected chi connectivity index (χ0v) is 15.9. The van der Waals surface area contributed by atoms with E-state index in [1.165, 1.54) is 0 Å². The summed E-state index contributed by atoms with van der Waals surface area (Å²) in [6.07, 6.45) is 2.18. The van der Waals surface area contributed by atoms with Gasteiger partial charge in [-0.2, -0.15) is 0 Å². The van der Waals surface area contributed by atoms with E-state index in [0.29, 0.717) is 18.2 Å². The molecule has 3 aliphatic rings. The highest BCUT2D eigenvalue weighted by Crippen LogP contribution is 2.59. The number of benzene rings is 1. The normalized spacial score (nSPS) is 20.8. The average Bonchev–Trinajstić information content (AvgIpc) is 3.26. The molecule has 2 fully saturated rings. The van der Waals surface area contributed by atoms with Crippen molar-refractivity contribution in [2.24, 2.45) is 0 Å². The molecule has 3 heterocycles. The SMILES string of the molecule is Cc1ccc(Oc2ccc(N3C(=O)NC(C)(C)C3=O)nn2)c2c1OCC21CC1. The highest BCUT2D eigenvalue weighted by Gasteiger charge is 2.53. The highest BCUT2D eigenvalue weighted by atomic mass is 16.5. The van der Waals surface area contributed by atoms with Gasteiger partial charge >= 0.3 is 6.03 Å². The molecule has 8 heteroatoms. The number of imide groups is 1. The summed E-state index contributed by atoms with van der Waals surface area (Å²) in [5.74, 6) is 1.71.